The van der Waals surface area contributed by atoms with Crippen LogP contribution in [0, 0.1) is 6.92 Å². The molecular weight excluding hydrogens is 312 g/mol. The normalized spacial score (nSPS) is 15.1. The molecule has 0 aliphatic carbocycles. The Morgan fingerprint density at radius 3 is 2.71 bits per heavy atom. The minimum Gasteiger partial charge on any atom is -0.508 e. The predicted octanol–water partition coefficient (Wildman–Crippen LogP) is 1.71. The van der Waals surface area contributed by atoms with E-state index in [1.807, 2.05) is 4.90 Å². The van der Waals surface area contributed by atoms with Crippen LogP contribution >= 0.6 is 0 Å². The highest BCUT2D eigenvalue weighted by molar-refractivity contribution is 5.39. The Labute approximate surface area is 138 Å². The highest BCUT2D eigenvalue weighted by atomic mass is 16.5. The smallest absolute Gasteiger partial charge is 0.273 e. The molecule has 0 unspecified atom stereocenters. The third-order valence-corrected chi connectivity index (χ3v) is 3.49. The fourth-order valence-electron chi connectivity index (χ4n) is 2.26. The first-order valence-corrected chi connectivity index (χ1v) is 7.55. The van der Waals surface area contributed by atoms with E-state index in [1.165, 1.54) is 12.1 Å². The van der Waals surface area contributed by atoms with Crippen LogP contribution in [0.5, 0.6) is 11.5 Å². The number of aromatic nitrogens is 3. The van der Waals surface area contributed by atoms with Crippen LogP contribution in [0.3, 0.4) is 0 Å². The van der Waals surface area contributed by atoms with Crippen molar-refractivity contribution in [2.45, 2.75) is 13.5 Å². The number of ether oxygens (including phenoxy) is 1. The lowest BCUT2D eigenvalue weighted by molar-refractivity contribution is 0.122. The Morgan fingerprint density at radius 2 is 1.96 bits per heavy atom. The van der Waals surface area contributed by atoms with E-state index in [0.717, 1.165) is 13.1 Å². The van der Waals surface area contributed by atoms with Crippen LogP contribution in [0.1, 0.15) is 11.4 Å². The van der Waals surface area contributed by atoms with Gasteiger partial charge in [-0.15, -0.1) is 5.11 Å². The molecule has 9 heteroatoms. The summed E-state index contributed by atoms with van der Waals surface area (Å²) in [6, 6.07) is 4.32. The maximum absolute atomic E-state index is 9.73. The van der Waals surface area contributed by atoms with E-state index in [4.69, 9.17) is 4.74 Å². The Morgan fingerprint density at radius 1 is 1.17 bits per heavy atom. The lowest BCUT2D eigenvalue weighted by atomic mass is 10.2. The molecular formula is C15H18N6O3. The van der Waals surface area contributed by atoms with Crippen molar-refractivity contribution >= 4 is 11.9 Å². The molecule has 1 saturated heterocycles. The maximum atomic E-state index is 9.73. The Bertz CT molecular complexity index is 746. The minimum absolute atomic E-state index is 0.00330. The van der Waals surface area contributed by atoms with Crippen LogP contribution in [0.2, 0.25) is 0 Å². The molecule has 9 nitrogen and oxygen atoms in total. The standard InChI is InChI=1S/C15H18N6O3/c1-10-17-14(19-15(18-10)21-4-6-24-7-5-21)20-16-9-11-2-3-12(22)8-13(11)23/h2-3,8,22-23H,4-7,9H2,1H3. The molecule has 1 aromatic carbocycles. The number of nitrogens with zero attached hydrogens (tertiary/aromatic N) is 6. The molecule has 0 atom stereocenters. The first-order valence-electron chi connectivity index (χ1n) is 7.55. The predicted molar refractivity (Wildman–Crippen MR) is 85.6 cm³/mol. The van der Waals surface area contributed by atoms with Crippen molar-refractivity contribution in [2.75, 3.05) is 31.2 Å². The number of rotatable bonds is 4. The Kier molecular flexibility index (Phi) is 4.80. The number of aromatic hydroxyl groups is 2. The summed E-state index contributed by atoms with van der Waals surface area (Å²) < 4.78 is 5.32. The van der Waals surface area contributed by atoms with Gasteiger partial charge in [0.2, 0.25) is 5.95 Å². The van der Waals surface area contributed by atoms with Crippen molar-refractivity contribution in [1.29, 1.82) is 0 Å². The summed E-state index contributed by atoms with van der Waals surface area (Å²) in [4.78, 5) is 14.8. The third-order valence-electron chi connectivity index (χ3n) is 3.49. The van der Waals surface area contributed by atoms with E-state index >= 15 is 0 Å². The molecule has 1 fully saturated rings. The first-order chi connectivity index (χ1) is 11.6. The average molecular weight is 330 g/mol. The number of anilines is 1. The summed E-state index contributed by atoms with van der Waals surface area (Å²) in [5.74, 6) is 1.31. The molecule has 2 heterocycles. The number of hydrogen-bond donors (Lipinski definition) is 2. The van der Waals surface area contributed by atoms with Crippen LogP contribution in [0.25, 0.3) is 0 Å². The fourth-order valence-corrected chi connectivity index (χ4v) is 2.26. The molecule has 2 aromatic rings. The van der Waals surface area contributed by atoms with Crippen LogP contribution in [-0.2, 0) is 11.3 Å². The van der Waals surface area contributed by atoms with Crippen molar-refractivity contribution in [3.8, 4) is 11.5 Å². The molecule has 0 saturated carbocycles. The Hall–Kier alpha value is -2.81. The molecule has 1 aliphatic rings. The number of azo groups is 1. The van der Waals surface area contributed by atoms with Gasteiger partial charge < -0.3 is 19.8 Å². The summed E-state index contributed by atoms with van der Waals surface area (Å²) in [6.45, 7) is 4.66. The summed E-state index contributed by atoms with van der Waals surface area (Å²) in [5.41, 5.74) is 0.552. The number of hydrogen-bond acceptors (Lipinski definition) is 9. The first kappa shape index (κ1) is 16.1. The average Bonchev–Trinajstić information content (AvgIpc) is 2.57. The van der Waals surface area contributed by atoms with Gasteiger partial charge in [-0.25, -0.2) is 0 Å². The van der Waals surface area contributed by atoms with Crippen LogP contribution < -0.4 is 4.90 Å². The van der Waals surface area contributed by atoms with Gasteiger partial charge in [-0.3, -0.25) is 0 Å². The molecule has 24 heavy (non-hydrogen) atoms. The number of aryl methyl sites for hydroxylation is 1. The van der Waals surface area contributed by atoms with Gasteiger partial charge in [0, 0.05) is 24.7 Å². The second-order valence-corrected chi connectivity index (χ2v) is 5.29. The molecule has 126 valence electrons. The van der Waals surface area contributed by atoms with Crippen molar-refractivity contribution in [2.24, 2.45) is 10.2 Å². The zero-order valence-corrected chi connectivity index (χ0v) is 13.3. The van der Waals surface area contributed by atoms with Crippen LogP contribution in [-0.4, -0.2) is 51.5 Å². The number of benzene rings is 1. The van der Waals surface area contributed by atoms with Gasteiger partial charge in [0.05, 0.1) is 19.8 Å². The van der Waals surface area contributed by atoms with Gasteiger partial charge >= 0.3 is 0 Å². The SMILES string of the molecule is Cc1nc(N=NCc2ccc(O)cc2O)nc(N2CCOCC2)n1. The summed E-state index contributed by atoms with van der Waals surface area (Å²) in [5, 5.41) is 27.0. The summed E-state index contributed by atoms with van der Waals surface area (Å²) in [7, 11) is 0. The third kappa shape index (κ3) is 3.93. The van der Waals surface area contributed by atoms with Gasteiger partial charge in [-0.2, -0.15) is 20.1 Å². The van der Waals surface area contributed by atoms with Crippen molar-refractivity contribution in [1.82, 2.24) is 15.0 Å². The van der Waals surface area contributed by atoms with E-state index in [0.29, 0.717) is 30.5 Å². The number of morpholine rings is 1. The second-order valence-electron chi connectivity index (χ2n) is 5.29. The zero-order valence-electron chi connectivity index (χ0n) is 13.3. The van der Waals surface area contributed by atoms with Crippen molar-refractivity contribution < 1.29 is 14.9 Å². The van der Waals surface area contributed by atoms with Gasteiger partial charge in [0.1, 0.15) is 17.3 Å². The minimum atomic E-state index is -0.0326. The van der Waals surface area contributed by atoms with Gasteiger partial charge in [0.25, 0.3) is 5.95 Å². The van der Waals surface area contributed by atoms with E-state index in [9.17, 15) is 10.2 Å². The van der Waals surface area contributed by atoms with E-state index in [2.05, 4.69) is 25.2 Å². The van der Waals surface area contributed by atoms with Crippen LogP contribution in [0.15, 0.2) is 28.4 Å². The molecule has 0 radical (unpaired) electrons. The second kappa shape index (κ2) is 7.18. The monoisotopic (exact) mass is 330 g/mol. The van der Waals surface area contributed by atoms with Gasteiger partial charge in [-0.1, -0.05) is 0 Å². The molecule has 1 aliphatic heterocycles. The quantitative estimate of drug-likeness (QED) is 0.820. The lowest BCUT2D eigenvalue weighted by Crippen LogP contribution is -2.37. The fraction of sp³-hybridized carbons (Fsp3) is 0.400. The topological polar surface area (TPSA) is 116 Å². The molecule has 0 bridgehead atoms. The lowest BCUT2D eigenvalue weighted by Gasteiger charge is -2.26. The van der Waals surface area contributed by atoms with Gasteiger partial charge in [-0.05, 0) is 19.1 Å². The maximum Gasteiger partial charge on any atom is 0.273 e. The number of phenols is 2. The molecule has 2 N–H and O–H groups in total. The summed E-state index contributed by atoms with van der Waals surface area (Å²) in [6.07, 6.45) is 0. The molecule has 0 spiro atoms. The highest BCUT2D eigenvalue weighted by Gasteiger charge is 2.15. The van der Waals surface area contributed by atoms with E-state index < -0.39 is 0 Å². The Balaban J connectivity index is 1.73. The molecule has 1 aromatic heterocycles. The zero-order chi connectivity index (χ0) is 16.9. The summed E-state index contributed by atoms with van der Waals surface area (Å²) >= 11 is 0. The van der Waals surface area contributed by atoms with E-state index in [-0.39, 0.29) is 24.0 Å². The highest BCUT2D eigenvalue weighted by Crippen LogP contribution is 2.23. The molecule has 0 amide bonds. The van der Waals surface area contributed by atoms with Gasteiger partial charge in [0.15, 0.2) is 0 Å². The molecule has 3 rings (SSSR count). The van der Waals surface area contributed by atoms with E-state index in [1.54, 1.807) is 13.0 Å². The van der Waals surface area contributed by atoms with Crippen molar-refractivity contribution in [3.05, 3.63) is 29.6 Å². The van der Waals surface area contributed by atoms with Crippen molar-refractivity contribution in [3.63, 3.8) is 0 Å². The number of phenolic OH excluding ortho intramolecular Hbond substituents is 2. The largest absolute Gasteiger partial charge is 0.508 e. The van der Waals surface area contributed by atoms with Crippen LogP contribution in [0.4, 0.5) is 11.9 Å².